The van der Waals surface area contributed by atoms with E-state index in [1.807, 2.05) is 12.2 Å². The number of amides is 1. The fourth-order valence-corrected chi connectivity index (χ4v) is 2.43. The lowest BCUT2D eigenvalue weighted by Crippen LogP contribution is -2.23. The van der Waals surface area contributed by atoms with Gasteiger partial charge in [-0.05, 0) is 31.5 Å². The Morgan fingerprint density at radius 3 is 2.39 bits per heavy atom. The summed E-state index contributed by atoms with van der Waals surface area (Å²) in [5.74, 6) is -1.81. The molecular formula is C18H15F3N2O5. The van der Waals surface area contributed by atoms with E-state index in [9.17, 15) is 32.9 Å². The molecule has 2 aromatic rings. The van der Waals surface area contributed by atoms with Gasteiger partial charge in [-0.15, -0.1) is 0 Å². The second-order valence-electron chi connectivity index (χ2n) is 5.93. The fraction of sp³-hybridized carbons (Fsp3) is 0.222. The Bertz CT molecular complexity index is 941. The molecule has 10 heteroatoms. The highest BCUT2D eigenvalue weighted by atomic mass is 19.4. The van der Waals surface area contributed by atoms with Crippen molar-refractivity contribution in [1.29, 1.82) is 0 Å². The van der Waals surface area contributed by atoms with Crippen LogP contribution in [0.15, 0.2) is 36.4 Å². The number of non-ortho nitro benzene ring substituents is 1. The zero-order valence-electron chi connectivity index (χ0n) is 14.8. The van der Waals surface area contributed by atoms with Gasteiger partial charge in [0.25, 0.3) is 11.6 Å². The van der Waals surface area contributed by atoms with E-state index in [1.54, 1.807) is 19.1 Å². The first-order chi connectivity index (χ1) is 13.0. The number of ether oxygens (including phenoxy) is 1. The van der Waals surface area contributed by atoms with Crippen molar-refractivity contribution in [1.82, 2.24) is 0 Å². The van der Waals surface area contributed by atoms with Crippen LogP contribution < -0.4 is 5.32 Å². The molecule has 1 N–H and O–H groups in total. The molecule has 0 radical (unpaired) electrons. The lowest BCUT2D eigenvalue weighted by Gasteiger charge is -2.14. The number of halogens is 3. The summed E-state index contributed by atoms with van der Waals surface area (Å²) in [5, 5.41) is 12.6. The molecule has 0 saturated heterocycles. The molecule has 0 bridgehead atoms. The van der Waals surface area contributed by atoms with Crippen molar-refractivity contribution in [3.8, 4) is 0 Å². The Balaban J connectivity index is 2.10. The first-order valence-corrected chi connectivity index (χ1v) is 7.89. The summed E-state index contributed by atoms with van der Waals surface area (Å²) in [6.45, 7) is 2.69. The maximum atomic E-state index is 13.1. The molecule has 2 rings (SSSR count). The van der Waals surface area contributed by atoms with Crippen molar-refractivity contribution in [2.45, 2.75) is 20.0 Å². The van der Waals surface area contributed by atoms with Crippen LogP contribution in [0.4, 0.5) is 24.5 Å². The van der Waals surface area contributed by atoms with Gasteiger partial charge in [-0.1, -0.05) is 17.7 Å². The van der Waals surface area contributed by atoms with Gasteiger partial charge in [0.05, 0.1) is 21.7 Å². The molecule has 0 fully saturated rings. The van der Waals surface area contributed by atoms with Gasteiger partial charge in [0.1, 0.15) is 0 Å². The quantitative estimate of drug-likeness (QED) is 0.467. The fourth-order valence-electron chi connectivity index (χ4n) is 2.43. The number of benzene rings is 2. The van der Waals surface area contributed by atoms with Crippen LogP contribution in [0.3, 0.4) is 0 Å². The highest BCUT2D eigenvalue weighted by Gasteiger charge is 2.35. The molecule has 0 aliphatic carbocycles. The molecule has 2 aromatic carbocycles. The van der Waals surface area contributed by atoms with Gasteiger partial charge < -0.3 is 10.1 Å². The molecule has 0 aliphatic heterocycles. The number of esters is 1. The second kappa shape index (κ2) is 8.07. The highest BCUT2D eigenvalue weighted by molar-refractivity contribution is 5.96. The number of carbonyl (C=O) groups excluding carboxylic acids is 2. The predicted molar refractivity (Wildman–Crippen MR) is 92.9 cm³/mol. The zero-order chi connectivity index (χ0) is 21.1. The van der Waals surface area contributed by atoms with Gasteiger partial charge in [0.2, 0.25) is 0 Å². The van der Waals surface area contributed by atoms with Gasteiger partial charge >= 0.3 is 12.1 Å². The number of alkyl halides is 3. The smallest absolute Gasteiger partial charge is 0.418 e. The third-order valence-corrected chi connectivity index (χ3v) is 3.73. The van der Waals surface area contributed by atoms with E-state index in [0.29, 0.717) is 11.6 Å². The summed E-state index contributed by atoms with van der Waals surface area (Å²) in [4.78, 5) is 33.6. The molecule has 0 spiro atoms. The van der Waals surface area contributed by atoms with E-state index in [2.05, 4.69) is 0 Å². The van der Waals surface area contributed by atoms with Crippen molar-refractivity contribution in [2.75, 3.05) is 11.9 Å². The van der Waals surface area contributed by atoms with E-state index in [1.165, 1.54) is 6.07 Å². The van der Waals surface area contributed by atoms with E-state index in [0.717, 1.165) is 17.7 Å². The first kappa shape index (κ1) is 20.9. The van der Waals surface area contributed by atoms with E-state index < -0.39 is 46.5 Å². The van der Waals surface area contributed by atoms with Crippen molar-refractivity contribution in [3.05, 3.63) is 68.8 Å². The number of nitrogens with one attached hydrogen (secondary N) is 1. The number of rotatable bonds is 5. The van der Waals surface area contributed by atoms with Crippen LogP contribution in [0, 0.1) is 24.0 Å². The normalized spacial score (nSPS) is 11.0. The molecule has 0 unspecified atom stereocenters. The van der Waals surface area contributed by atoms with Crippen molar-refractivity contribution in [3.63, 3.8) is 0 Å². The number of nitro benzene ring substituents is 1. The summed E-state index contributed by atoms with van der Waals surface area (Å²) in [7, 11) is 0. The number of hydrogen-bond donors (Lipinski definition) is 1. The summed E-state index contributed by atoms with van der Waals surface area (Å²) in [6, 6.07) is 6.84. The monoisotopic (exact) mass is 396 g/mol. The number of nitro groups is 1. The van der Waals surface area contributed by atoms with E-state index in [4.69, 9.17) is 4.74 Å². The Kier molecular flexibility index (Phi) is 6.02. The largest absolute Gasteiger partial charge is 0.452 e. The number of hydrogen-bond acceptors (Lipinski definition) is 5. The lowest BCUT2D eigenvalue weighted by atomic mass is 10.1. The zero-order valence-corrected chi connectivity index (χ0v) is 14.8. The van der Waals surface area contributed by atoms with Crippen LogP contribution >= 0.6 is 0 Å². The molecule has 28 heavy (non-hydrogen) atoms. The standard InChI is InChI=1S/C18H15F3N2O5/c1-10-3-5-13(11(2)7-10)17(25)28-9-16(24)22-15-6-4-12(23(26)27)8-14(15)18(19,20)21/h3-8H,9H2,1-2H3,(H,22,24). The van der Waals surface area contributed by atoms with Crippen molar-refractivity contribution >= 4 is 23.3 Å². The van der Waals surface area contributed by atoms with Crippen LogP contribution in [0.25, 0.3) is 0 Å². The third-order valence-electron chi connectivity index (χ3n) is 3.73. The average Bonchev–Trinajstić information content (AvgIpc) is 2.59. The van der Waals surface area contributed by atoms with Crippen LogP contribution in [-0.2, 0) is 15.7 Å². The van der Waals surface area contributed by atoms with Crippen LogP contribution in [0.5, 0.6) is 0 Å². The Morgan fingerprint density at radius 2 is 1.82 bits per heavy atom. The highest BCUT2D eigenvalue weighted by Crippen LogP contribution is 2.37. The molecular weight excluding hydrogens is 381 g/mol. The predicted octanol–water partition coefficient (Wildman–Crippen LogP) is 4.03. The molecule has 1 amide bonds. The lowest BCUT2D eigenvalue weighted by molar-refractivity contribution is -0.385. The third kappa shape index (κ3) is 5.06. The second-order valence-corrected chi connectivity index (χ2v) is 5.93. The SMILES string of the molecule is Cc1ccc(C(=O)OCC(=O)Nc2ccc([N+](=O)[O-])cc2C(F)(F)F)c(C)c1. The molecule has 7 nitrogen and oxygen atoms in total. The molecule has 0 aromatic heterocycles. The van der Waals surface area contributed by atoms with Crippen LogP contribution in [-0.4, -0.2) is 23.4 Å². The number of nitrogens with zero attached hydrogens (tertiary/aromatic N) is 1. The minimum Gasteiger partial charge on any atom is -0.452 e. The summed E-state index contributed by atoms with van der Waals surface area (Å²) < 4.78 is 44.1. The average molecular weight is 396 g/mol. The number of anilines is 1. The minimum atomic E-state index is -4.93. The van der Waals surface area contributed by atoms with Gasteiger partial charge in [0, 0.05) is 12.1 Å². The van der Waals surface area contributed by atoms with Gasteiger partial charge in [-0.3, -0.25) is 14.9 Å². The molecule has 148 valence electrons. The molecule has 0 atom stereocenters. The number of carbonyl (C=O) groups is 2. The minimum absolute atomic E-state index is 0.227. The number of aryl methyl sites for hydroxylation is 2. The maximum absolute atomic E-state index is 13.1. The Labute approximate surface area is 157 Å². The Hall–Kier alpha value is -3.43. The van der Waals surface area contributed by atoms with Crippen molar-refractivity contribution < 1.29 is 32.4 Å². The summed E-state index contributed by atoms with van der Waals surface area (Å²) >= 11 is 0. The van der Waals surface area contributed by atoms with Crippen LogP contribution in [0.1, 0.15) is 27.0 Å². The Morgan fingerprint density at radius 1 is 1.14 bits per heavy atom. The van der Waals surface area contributed by atoms with Crippen molar-refractivity contribution in [2.24, 2.45) is 0 Å². The topological polar surface area (TPSA) is 98.5 Å². The van der Waals surface area contributed by atoms with E-state index in [-0.39, 0.29) is 5.56 Å². The van der Waals surface area contributed by atoms with Gasteiger partial charge in [-0.2, -0.15) is 13.2 Å². The summed E-state index contributed by atoms with van der Waals surface area (Å²) in [5.41, 5.74) is -1.05. The molecule has 0 heterocycles. The summed E-state index contributed by atoms with van der Waals surface area (Å²) in [6.07, 6.45) is -4.93. The first-order valence-electron chi connectivity index (χ1n) is 7.89. The van der Waals surface area contributed by atoms with Gasteiger partial charge in [-0.25, -0.2) is 4.79 Å². The van der Waals surface area contributed by atoms with E-state index >= 15 is 0 Å². The molecule has 0 aliphatic rings. The van der Waals surface area contributed by atoms with Crippen LogP contribution in [0.2, 0.25) is 0 Å². The molecule has 0 saturated carbocycles. The van der Waals surface area contributed by atoms with Gasteiger partial charge in [0.15, 0.2) is 6.61 Å². The maximum Gasteiger partial charge on any atom is 0.418 e.